The van der Waals surface area contributed by atoms with Gasteiger partial charge in [0.1, 0.15) is 5.75 Å². The molecule has 0 aliphatic heterocycles. The first-order valence-corrected chi connectivity index (χ1v) is 8.33. The van der Waals surface area contributed by atoms with Gasteiger partial charge in [0.15, 0.2) is 0 Å². The molecule has 2 rings (SSSR count). The first-order valence-electron chi connectivity index (χ1n) is 8.33. The molecule has 2 aromatic carbocycles. The molecule has 25 heavy (non-hydrogen) atoms. The molecule has 0 aromatic heterocycles. The van der Waals surface area contributed by atoms with E-state index in [2.05, 4.69) is 12.2 Å². The van der Waals surface area contributed by atoms with Gasteiger partial charge in [-0.3, -0.25) is 4.79 Å². The second-order valence-electron chi connectivity index (χ2n) is 5.53. The van der Waals surface area contributed by atoms with Crippen LogP contribution in [-0.4, -0.2) is 25.6 Å². The van der Waals surface area contributed by atoms with Crippen molar-refractivity contribution in [2.75, 3.05) is 19.0 Å². The quantitative estimate of drug-likeness (QED) is 0.585. The fraction of sp³-hybridized carbons (Fsp3) is 0.300. The van der Waals surface area contributed by atoms with Crippen molar-refractivity contribution in [3.63, 3.8) is 0 Å². The van der Waals surface area contributed by atoms with Crippen LogP contribution in [0.25, 0.3) is 0 Å². The predicted octanol–water partition coefficient (Wildman–Crippen LogP) is 3.83. The Morgan fingerprint density at radius 1 is 1.04 bits per heavy atom. The van der Waals surface area contributed by atoms with Gasteiger partial charge in [-0.05, 0) is 42.7 Å². The van der Waals surface area contributed by atoms with Crippen LogP contribution >= 0.6 is 0 Å². The van der Waals surface area contributed by atoms with Crippen molar-refractivity contribution >= 4 is 17.6 Å². The minimum Gasteiger partial charge on any atom is -0.494 e. The summed E-state index contributed by atoms with van der Waals surface area (Å²) < 4.78 is 10.3. The Morgan fingerprint density at radius 3 is 2.44 bits per heavy atom. The minimum atomic E-state index is -0.477. The van der Waals surface area contributed by atoms with E-state index in [1.807, 2.05) is 24.3 Å². The summed E-state index contributed by atoms with van der Waals surface area (Å²) in [5.41, 5.74) is 2.05. The summed E-state index contributed by atoms with van der Waals surface area (Å²) in [5, 5.41) is 2.74. The second kappa shape index (κ2) is 9.47. The highest BCUT2D eigenvalue weighted by atomic mass is 16.5. The van der Waals surface area contributed by atoms with Gasteiger partial charge in [-0.15, -0.1) is 0 Å². The van der Waals surface area contributed by atoms with E-state index in [4.69, 9.17) is 9.47 Å². The Kier molecular flexibility index (Phi) is 7.01. The highest BCUT2D eigenvalue weighted by Gasteiger charge is 2.13. The molecule has 0 heterocycles. The minimum absolute atomic E-state index is 0.165. The van der Waals surface area contributed by atoms with Gasteiger partial charge in [-0.25, -0.2) is 4.79 Å². The summed E-state index contributed by atoms with van der Waals surface area (Å²) in [6.45, 7) is 2.56. The van der Waals surface area contributed by atoms with Crippen LogP contribution in [0.15, 0.2) is 48.5 Å². The SMILES string of the molecule is CCc1ccc(OCCCC(=O)Nc2ccccc2C(=O)OC)cc1. The highest BCUT2D eigenvalue weighted by Crippen LogP contribution is 2.17. The van der Waals surface area contributed by atoms with E-state index in [-0.39, 0.29) is 5.91 Å². The number of esters is 1. The van der Waals surface area contributed by atoms with E-state index in [0.717, 1.165) is 12.2 Å². The first kappa shape index (κ1) is 18.5. The van der Waals surface area contributed by atoms with Crippen LogP contribution in [0.4, 0.5) is 5.69 Å². The molecule has 1 amide bonds. The summed E-state index contributed by atoms with van der Waals surface area (Å²) in [7, 11) is 1.31. The molecule has 5 nitrogen and oxygen atoms in total. The molecular formula is C20H23NO4. The number of hydrogen-bond donors (Lipinski definition) is 1. The van der Waals surface area contributed by atoms with Crippen molar-refractivity contribution in [2.24, 2.45) is 0 Å². The summed E-state index contributed by atoms with van der Waals surface area (Å²) in [5.74, 6) is 0.157. The van der Waals surface area contributed by atoms with Crippen LogP contribution in [0, 0.1) is 0 Å². The molecule has 5 heteroatoms. The van der Waals surface area contributed by atoms with E-state index < -0.39 is 5.97 Å². The molecule has 0 saturated heterocycles. The molecule has 0 saturated carbocycles. The van der Waals surface area contributed by atoms with E-state index >= 15 is 0 Å². The van der Waals surface area contributed by atoms with Crippen molar-refractivity contribution in [3.8, 4) is 5.75 Å². The zero-order chi connectivity index (χ0) is 18.1. The second-order valence-corrected chi connectivity index (χ2v) is 5.53. The van der Waals surface area contributed by atoms with Crippen molar-refractivity contribution < 1.29 is 19.1 Å². The maximum absolute atomic E-state index is 12.1. The number of methoxy groups -OCH3 is 1. The number of aryl methyl sites for hydroxylation is 1. The first-order chi connectivity index (χ1) is 12.1. The van der Waals surface area contributed by atoms with Gasteiger partial charge in [0.25, 0.3) is 0 Å². The van der Waals surface area contributed by atoms with Crippen molar-refractivity contribution in [3.05, 3.63) is 59.7 Å². The Bertz CT molecular complexity index is 710. The number of nitrogens with one attached hydrogen (secondary N) is 1. The van der Waals surface area contributed by atoms with Crippen molar-refractivity contribution in [1.82, 2.24) is 0 Å². The lowest BCUT2D eigenvalue weighted by Crippen LogP contribution is -2.15. The fourth-order valence-corrected chi connectivity index (χ4v) is 2.34. The van der Waals surface area contributed by atoms with Gasteiger partial charge in [0.2, 0.25) is 5.91 Å². The van der Waals surface area contributed by atoms with E-state index in [0.29, 0.717) is 30.7 Å². The number of rotatable bonds is 8. The molecule has 0 aliphatic carbocycles. The van der Waals surface area contributed by atoms with Crippen LogP contribution in [0.2, 0.25) is 0 Å². The lowest BCUT2D eigenvalue weighted by atomic mass is 10.1. The summed E-state index contributed by atoms with van der Waals surface area (Å²) in [4.78, 5) is 23.7. The van der Waals surface area contributed by atoms with E-state index in [1.165, 1.54) is 12.7 Å². The average molecular weight is 341 g/mol. The number of amides is 1. The maximum Gasteiger partial charge on any atom is 0.339 e. The number of anilines is 1. The number of hydrogen-bond acceptors (Lipinski definition) is 4. The summed E-state index contributed by atoms with van der Waals surface area (Å²) in [6.07, 6.45) is 1.89. The predicted molar refractivity (Wildman–Crippen MR) is 97.0 cm³/mol. The zero-order valence-corrected chi connectivity index (χ0v) is 14.6. The molecule has 0 unspecified atom stereocenters. The van der Waals surface area contributed by atoms with Crippen LogP contribution < -0.4 is 10.1 Å². The van der Waals surface area contributed by atoms with Crippen LogP contribution in [0.1, 0.15) is 35.7 Å². The maximum atomic E-state index is 12.1. The lowest BCUT2D eigenvalue weighted by molar-refractivity contribution is -0.116. The Labute approximate surface area is 148 Å². The third-order valence-electron chi connectivity index (χ3n) is 3.75. The van der Waals surface area contributed by atoms with E-state index in [9.17, 15) is 9.59 Å². The Balaban J connectivity index is 1.78. The molecule has 0 fully saturated rings. The van der Waals surface area contributed by atoms with Gasteiger partial charge in [0, 0.05) is 6.42 Å². The van der Waals surface area contributed by atoms with Crippen LogP contribution in [0.5, 0.6) is 5.75 Å². The van der Waals surface area contributed by atoms with Crippen LogP contribution in [0.3, 0.4) is 0 Å². The lowest BCUT2D eigenvalue weighted by Gasteiger charge is -2.10. The van der Waals surface area contributed by atoms with Crippen LogP contribution in [-0.2, 0) is 16.0 Å². The number of carbonyl (C=O) groups is 2. The number of carbonyl (C=O) groups excluding carboxylic acids is 2. The third-order valence-corrected chi connectivity index (χ3v) is 3.75. The molecular weight excluding hydrogens is 318 g/mol. The Hall–Kier alpha value is -2.82. The molecule has 0 spiro atoms. The van der Waals surface area contributed by atoms with Gasteiger partial charge in [-0.2, -0.15) is 0 Å². The summed E-state index contributed by atoms with van der Waals surface area (Å²) >= 11 is 0. The van der Waals surface area contributed by atoms with Crippen molar-refractivity contribution in [2.45, 2.75) is 26.2 Å². The summed E-state index contributed by atoms with van der Waals surface area (Å²) in [6, 6.07) is 14.7. The molecule has 0 atom stereocenters. The molecule has 0 bridgehead atoms. The fourth-order valence-electron chi connectivity index (χ4n) is 2.34. The number of ether oxygens (including phenoxy) is 2. The largest absolute Gasteiger partial charge is 0.494 e. The van der Waals surface area contributed by atoms with E-state index in [1.54, 1.807) is 24.3 Å². The van der Waals surface area contributed by atoms with Crippen molar-refractivity contribution in [1.29, 1.82) is 0 Å². The number of benzene rings is 2. The average Bonchev–Trinajstić information content (AvgIpc) is 2.65. The third kappa shape index (κ3) is 5.64. The van der Waals surface area contributed by atoms with Gasteiger partial charge in [-0.1, -0.05) is 31.2 Å². The highest BCUT2D eigenvalue weighted by molar-refractivity contribution is 6.01. The molecule has 0 radical (unpaired) electrons. The van der Waals surface area contributed by atoms with Gasteiger partial charge >= 0.3 is 5.97 Å². The standard InChI is InChI=1S/C20H23NO4/c1-3-15-10-12-16(13-11-15)25-14-6-9-19(22)21-18-8-5-4-7-17(18)20(23)24-2/h4-5,7-8,10-13H,3,6,9,14H2,1-2H3,(H,21,22). The topological polar surface area (TPSA) is 64.6 Å². The molecule has 132 valence electrons. The molecule has 2 aromatic rings. The smallest absolute Gasteiger partial charge is 0.339 e. The molecule has 0 aliphatic rings. The zero-order valence-electron chi connectivity index (χ0n) is 14.6. The monoisotopic (exact) mass is 341 g/mol. The molecule has 1 N–H and O–H groups in total. The van der Waals surface area contributed by atoms with Gasteiger partial charge in [0.05, 0.1) is 25.0 Å². The number of para-hydroxylation sites is 1. The Morgan fingerprint density at radius 2 is 1.76 bits per heavy atom. The van der Waals surface area contributed by atoms with Gasteiger partial charge < -0.3 is 14.8 Å². The normalized spacial score (nSPS) is 10.2.